The summed E-state index contributed by atoms with van der Waals surface area (Å²) in [6, 6.07) is 5.58. The first-order valence-electron chi connectivity index (χ1n) is 5.94. The number of hydrogen-bond acceptors (Lipinski definition) is 2. The Balaban J connectivity index is 1.75. The van der Waals surface area contributed by atoms with E-state index >= 15 is 0 Å². The van der Waals surface area contributed by atoms with Gasteiger partial charge in [0.2, 0.25) is 0 Å². The summed E-state index contributed by atoms with van der Waals surface area (Å²) < 4.78 is 18.7. The molecule has 1 aromatic carbocycles. The van der Waals surface area contributed by atoms with Crippen LogP contribution in [0, 0.1) is 12.7 Å². The zero-order valence-corrected chi connectivity index (χ0v) is 10.1. The fraction of sp³-hybridized carbons (Fsp3) is 0.429. The van der Waals surface area contributed by atoms with Crippen molar-refractivity contribution in [1.82, 2.24) is 5.32 Å². The van der Waals surface area contributed by atoms with Crippen molar-refractivity contribution in [3.8, 4) is 5.75 Å². The van der Waals surface area contributed by atoms with Gasteiger partial charge in [0.1, 0.15) is 18.2 Å². The van der Waals surface area contributed by atoms with Gasteiger partial charge in [-0.05, 0) is 37.0 Å². The van der Waals surface area contributed by atoms with Crippen molar-refractivity contribution < 1.29 is 9.13 Å². The largest absolute Gasteiger partial charge is 0.489 e. The van der Waals surface area contributed by atoms with Crippen LogP contribution in [0.5, 0.6) is 5.75 Å². The Bertz CT molecular complexity index is 413. The first-order valence-corrected chi connectivity index (χ1v) is 5.94. The highest BCUT2D eigenvalue weighted by Crippen LogP contribution is 2.19. The molecule has 1 saturated carbocycles. The number of benzene rings is 1. The van der Waals surface area contributed by atoms with Crippen molar-refractivity contribution in [2.75, 3.05) is 13.2 Å². The maximum atomic E-state index is 13.3. The van der Waals surface area contributed by atoms with Gasteiger partial charge in [0.05, 0.1) is 0 Å². The molecule has 0 bridgehead atoms. The van der Waals surface area contributed by atoms with Crippen molar-refractivity contribution in [3.05, 3.63) is 41.7 Å². The highest BCUT2D eigenvalue weighted by molar-refractivity contribution is 5.28. The Kier molecular flexibility index (Phi) is 3.79. The maximum Gasteiger partial charge on any atom is 0.129 e. The molecule has 1 N–H and O–H groups in total. The monoisotopic (exact) mass is 235 g/mol. The molecule has 0 aliphatic heterocycles. The second-order valence-electron chi connectivity index (χ2n) is 4.60. The highest BCUT2D eigenvalue weighted by atomic mass is 19.1. The minimum absolute atomic E-state index is 0.232. The molecule has 0 spiro atoms. The number of nitrogens with one attached hydrogen (secondary N) is 1. The Labute approximate surface area is 101 Å². The van der Waals surface area contributed by atoms with E-state index in [0.717, 1.165) is 12.1 Å². The van der Waals surface area contributed by atoms with Gasteiger partial charge in [-0.2, -0.15) is 0 Å². The number of hydrogen-bond donors (Lipinski definition) is 1. The lowest BCUT2D eigenvalue weighted by Gasteiger charge is -2.10. The Morgan fingerprint density at radius 1 is 1.53 bits per heavy atom. The van der Waals surface area contributed by atoms with Crippen LogP contribution in [-0.4, -0.2) is 19.2 Å². The Morgan fingerprint density at radius 2 is 2.29 bits per heavy atom. The fourth-order valence-electron chi connectivity index (χ4n) is 1.48. The van der Waals surface area contributed by atoms with Gasteiger partial charge in [0.25, 0.3) is 0 Å². The average Bonchev–Trinajstić information content (AvgIpc) is 3.12. The van der Waals surface area contributed by atoms with E-state index in [9.17, 15) is 4.39 Å². The number of aryl methyl sites for hydroxylation is 1. The zero-order valence-electron chi connectivity index (χ0n) is 10.1. The summed E-state index contributed by atoms with van der Waals surface area (Å²) in [6.45, 7) is 6.87. The third-order valence-corrected chi connectivity index (χ3v) is 2.80. The predicted molar refractivity (Wildman–Crippen MR) is 66.8 cm³/mol. The minimum Gasteiger partial charge on any atom is -0.489 e. The summed E-state index contributed by atoms with van der Waals surface area (Å²) in [7, 11) is 0. The van der Waals surface area contributed by atoms with Gasteiger partial charge in [-0.1, -0.05) is 12.6 Å². The SMILES string of the molecule is C=C(CNC1CC1)COc1ccc(C)c(F)c1. The van der Waals surface area contributed by atoms with Crippen LogP contribution in [0.2, 0.25) is 0 Å². The van der Waals surface area contributed by atoms with Crippen molar-refractivity contribution in [1.29, 1.82) is 0 Å². The molecule has 1 aliphatic rings. The molecule has 1 fully saturated rings. The van der Waals surface area contributed by atoms with Crippen molar-refractivity contribution in [2.45, 2.75) is 25.8 Å². The third kappa shape index (κ3) is 3.86. The summed E-state index contributed by atoms with van der Waals surface area (Å²) >= 11 is 0. The number of rotatable bonds is 6. The van der Waals surface area contributed by atoms with E-state index in [1.165, 1.54) is 18.9 Å². The van der Waals surface area contributed by atoms with E-state index in [-0.39, 0.29) is 5.82 Å². The van der Waals surface area contributed by atoms with Gasteiger partial charge < -0.3 is 10.1 Å². The molecule has 0 aromatic heterocycles. The molecule has 0 saturated heterocycles. The standard InChI is InChI=1S/C14H18FNO/c1-10(8-16-12-4-5-12)9-17-13-6-3-11(2)14(15)7-13/h3,6-7,12,16H,1,4-5,8-9H2,2H3. The van der Waals surface area contributed by atoms with Crippen LogP contribution in [0.4, 0.5) is 4.39 Å². The molecule has 2 nitrogen and oxygen atoms in total. The quantitative estimate of drug-likeness (QED) is 0.765. The lowest BCUT2D eigenvalue weighted by atomic mass is 10.2. The number of ether oxygens (including phenoxy) is 1. The summed E-state index contributed by atoms with van der Waals surface area (Å²) in [5.41, 5.74) is 1.62. The van der Waals surface area contributed by atoms with E-state index in [1.807, 2.05) is 0 Å². The molecule has 92 valence electrons. The molecule has 0 amide bonds. The smallest absolute Gasteiger partial charge is 0.129 e. The third-order valence-electron chi connectivity index (χ3n) is 2.80. The molecule has 0 radical (unpaired) electrons. The van der Waals surface area contributed by atoms with E-state index in [0.29, 0.717) is 24.0 Å². The second kappa shape index (κ2) is 5.32. The van der Waals surface area contributed by atoms with Gasteiger partial charge in [0, 0.05) is 18.7 Å². The van der Waals surface area contributed by atoms with Crippen LogP contribution in [0.15, 0.2) is 30.4 Å². The van der Waals surface area contributed by atoms with Crippen LogP contribution in [0.25, 0.3) is 0 Å². The van der Waals surface area contributed by atoms with E-state index in [1.54, 1.807) is 19.1 Å². The van der Waals surface area contributed by atoms with Gasteiger partial charge in [-0.3, -0.25) is 0 Å². The lowest BCUT2D eigenvalue weighted by Crippen LogP contribution is -2.21. The summed E-state index contributed by atoms with van der Waals surface area (Å²) in [5.74, 6) is 0.324. The van der Waals surface area contributed by atoms with E-state index in [4.69, 9.17) is 4.74 Å². The topological polar surface area (TPSA) is 21.3 Å². The minimum atomic E-state index is -0.232. The molecule has 0 heterocycles. The van der Waals surface area contributed by atoms with Gasteiger partial charge in [-0.15, -0.1) is 0 Å². The van der Waals surface area contributed by atoms with Crippen molar-refractivity contribution in [2.24, 2.45) is 0 Å². The zero-order chi connectivity index (χ0) is 12.3. The van der Waals surface area contributed by atoms with Gasteiger partial charge in [-0.25, -0.2) is 4.39 Å². The molecule has 3 heteroatoms. The van der Waals surface area contributed by atoms with Crippen LogP contribution >= 0.6 is 0 Å². The lowest BCUT2D eigenvalue weighted by molar-refractivity contribution is 0.346. The van der Waals surface area contributed by atoms with Gasteiger partial charge >= 0.3 is 0 Å². The molecule has 0 atom stereocenters. The Hall–Kier alpha value is -1.35. The molecule has 0 unspecified atom stereocenters. The molecular formula is C14H18FNO. The average molecular weight is 235 g/mol. The summed E-state index contributed by atoms with van der Waals surface area (Å²) in [4.78, 5) is 0. The van der Waals surface area contributed by atoms with E-state index < -0.39 is 0 Å². The fourth-order valence-corrected chi connectivity index (χ4v) is 1.48. The highest BCUT2D eigenvalue weighted by Gasteiger charge is 2.20. The Morgan fingerprint density at radius 3 is 2.94 bits per heavy atom. The van der Waals surface area contributed by atoms with Crippen LogP contribution in [0.3, 0.4) is 0 Å². The first-order chi connectivity index (χ1) is 8.15. The van der Waals surface area contributed by atoms with Crippen LogP contribution in [0.1, 0.15) is 18.4 Å². The van der Waals surface area contributed by atoms with Crippen molar-refractivity contribution >= 4 is 0 Å². The molecule has 2 rings (SSSR count). The van der Waals surface area contributed by atoms with Crippen molar-refractivity contribution in [3.63, 3.8) is 0 Å². The number of halogens is 1. The normalized spacial score (nSPS) is 14.7. The van der Waals surface area contributed by atoms with Gasteiger partial charge in [0.15, 0.2) is 0 Å². The summed E-state index contributed by atoms with van der Waals surface area (Å²) in [5, 5.41) is 3.36. The predicted octanol–water partition coefficient (Wildman–Crippen LogP) is 2.82. The van der Waals surface area contributed by atoms with Crippen LogP contribution < -0.4 is 10.1 Å². The molecule has 1 aromatic rings. The molecule has 17 heavy (non-hydrogen) atoms. The summed E-state index contributed by atoms with van der Waals surface area (Å²) in [6.07, 6.45) is 2.52. The van der Waals surface area contributed by atoms with E-state index in [2.05, 4.69) is 11.9 Å². The molecule has 1 aliphatic carbocycles. The molecular weight excluding hydrogens is 217 g/mol. The maximum absolute atomic E-state index is 13.3. The first kappa shape index (κ1) is 12.1. The van der Waals surface area contributed by atoms with Crippen LogP contribution in [-0.2, 0) is 0 Å². The second-order valence-corrected chi connectivity index (χ2v) is 4.60.